The number of aromatic nitrogens is 3. The first-order valence-electron chi connectivity index (χ1n) is 11.0. The zero-order valence-electron chi connectivity index (χ0n) is 18.1. The molecule has 2 aliphatic rings. The largest absolute Gasteiger partial charge is 0.472 e. The lowest BCUT2D eigenvalue weighted by molar-refractivity contribution is -0.136. The predicted molar refractivity (Wildman–Crippen MR) is 116 cm³/mol. The predicted octanol–water partition coefficient (Wildman–Crippen LogP) is 3.47. The molecule has 2 aliphatic heterocycles. The van der Waals surface area contributed by atoms with Crippen LogP contribution in [0.2, 0.25) is 0 Å². The number of carbonyl (C=O) groups is 1. The van der Waals surface area contributed by atoms with Crippen LogP contribution in [0.5, 0.6) is 0 Å². The van der Waals surface area contributed by atoms with E-state index in [9.17, 15) is 4.79 Å². The van der Waals surface area contributed by atoms with Crippen LogP contribution in [0.4, 0.5) is 0 Å². The Bertz CT molecular complexity index is 1030. The van der Waals surface area contributed by atoms with Crippen LogP contribution in [0.3, 0.4) is 0 Å². The maximum atomic E-state index is 13.8. The normalized spacial score (nSPS) is 24.2. The van der Waals surface area contributed by atoms with Gasteiger partial charge in [0.2, 0.25) is 5.91 Å². The summed E-state index contributed by atoms with van der Waals surface area (Å²) in [7, 11) is 0. The molecule has 5 rings (SSSR count). The molecule has 0 N–H and O–H groups in total. The van der Waals surface area contributed by atoms with E-state index in [1.54, 1.807) is 18.7 Å². The molecule has 2 fully saturated rings. The minimum atomic E-state index is -0.428. The van der Waals surface area contributed by atoms with E-state index in [0.29, 0.717) is 12.6 Å². The van der Waals surface area contributed by atoms with E-state index in [1.165, 1.54) is 0 Å². The van der Waals surface area contributed by atoms with Crippen molar-refractivity contribution in [3.63, 3.8) is 0 Å². The van der Waals surface area contributed by atoms with Crippen LogP contribution < -0.4 is 0 Å². The van der Waals surface area contributed by atoms with E-state index < -0.39 is 5.41 Å². The lowest BCUT2D eigenvalue weighted by Gasteiger charge is -2.28. The molecule has 0 saturated carbocycles. The van der Waals surface area contributed by atoms with Crippen LogP contribution in [0.25, 0.3) is 0 Å². The molecule has 7 heteroatoms. The second-order valence-electron chi connectivity index (χ2n) is 9.19. The molecule has 2 unspecified atom stereocenters. The minimum Gasteiger partial charge on any atom is -0.472 e. The second-order valence-corrected chi connectivity index (χ2v) is 9.19. The van der Waals surface area contributed by atoms with Crippen LogP contribution in [0, 0.1) is 5.41 Å². The zero-order valence-corrected chi connectivity index (χ0v) is 18.1. The van der Waals surface area contributed by atoms with E-state index in [4.69, 9.17) is 9.40 Å². The van der Waals surface area contributed by atoms with Gasteiger partial charge >= 0.3 is 0 Å². The Labute approximate surface area is 182 Å². The Kier molecular flexibility index (Phi) is 5.14. The summed E-state index contributed by atoms with van der Waals surface area (Å²) in [5, 5.41) is 0. The first-order valence-corrected chi connectivity index (χ1v) is 11.0. The number of hydrogen-bond acceptors (Lipinski definition) is 5. The Hall–Kier alpha value is -2.93. The van der Waals surface area contributed by atoms with Crippen LogP contribution >= 0.6 is 0 Å². The van der Waals surface area contributed by atoms with Crippen molar-refractivity contribution in [2.75, 3.05) is 19.6 Å². The Morgan fingerprint density at radius 1 is 1.26 bits per heavy atom. The second kappa shape index (κ2) is 7.96. The van der Waals surface area contributed by atoms with Gasteiger partial charge in [-0.15, -0.1) is 0 Å². The van der Waals surface area contributed by atoms with Gasteiger partial charge in [-0.2, -0.15) is 0 Å². The highest BCUT2D eigenvalue weighted by Crippen LogP contribution is 2.50. The van der Waals surface area contributed by atoms with Crippen molar-refractivity contribution < 1.29 is 9.21 Å². The van der Waals surface area contributed by atoms with Gasteiger partial charge in [-0.05, 0) is 38.0 Å². The fraction of sp³-hybridized carbons (Fsp3) is 0.458. The summed E-state index contributed by atoms with van der Waals surface area (Å²) >= 11 is 0. The summed E-state index contributed by atoms with van der Waals surface area (Å²) in [6.45, 7) is 8.05. The minimum absolute atomic E-state index is 0.0887. The highest BCUT2D eigenvalue weighted by molar-refractivity contribution is 5.86. The quantitative estimate of drug-likeness (QED) is 0.612. The number of furan rings is 1. The van der Waals surface area contributed by atoms with Gasteiger partial charge in [-0.25, -0.2) is 4.98 Å². The summed E-state index contributed by atoms with van der Waals surface area (Å²) in [4.78, 5) is 27.2. The van der Waals surface area contributed by atoms with Crippen molar-refractivity contribution in [1.29, 1.82) is 0 Å². The van der Waals surface area contributed by atoms with Gasteiger partial charge in [-0.3, -0.25) is 14.7 Å². The maximum Gasteiger partial charge on any atom is 0.231 e. The Morgan fingerprint density at radius 2 is 2.16 bits per heavy atom. The lowest BCUT2D eigenvalue weighted by Crippen LogP contribution is -2.39. The van der Waals surface area contributed by atoms with Gasteiger partial charge < -0.3 is 13.9 Å². The van der Waals surface area contributed by atoms with Crippen LogP contribution in [0.1, 0.15) is 49.0 Å². The molecule has 2 atom stereocenters. The van der Waals surface area contributed by atoms with Crippen LogP contribution in [-0.4, -0.2) is 49.9 Å². The molecule has 1 amide bonds. The van der Waals surface area contributed by atoms with Crippen molar-refractivity contribution in [2.45, 2.75) is 45.3 Å². The van der Waals surface area contributed by atoms with Gasteiger partial charge in [0.25, 0.3) is 0 Å². The summed E-state index contributed by atoms with van der Waals surface area (Å²) in [6, 6.07) is 6.31. The fourth-order valence-electron chi connectivity index (χ4n) is 5.15. The highest BCUT2D eigenvalue weighted by atomic mass is 16.3. The average molecular weight is 420 g/mol. The van der Waals surface area contributed by atoms with Gasteiger partial charge in [-0.1, -0.05) is 6.07 Å². The molecule has 7 nitrogen and oxygen atoms in total. The SMILES string of the molecule is CC(C)n1cnc(C2CN(Cc3ccoc3)CC23CCN(Cc2cccnc2)C3=O)c1. The summed E-state index contributed by atoms with van der Waals surface area (Å²) < 4.78 is 7.40. The Balaban J connectivity index is 1.43. The number of pyridine rings is 1. The Morgan fingerprint density at radius 3 is 2.87 bits per heavy atom. The molecular weight excluding hydrogens is 390 g/mol. The monoisotopic (exact) mass is 419 g/mol. The fourth-order valence-corrected chi connectivity index (χ4v) is 5.15. The van der Waals surface area contributed by atoms with E-state index in [1.807, 2.05) is 35.6 Å². The van der Waals surface area contributed by atoms with Crippen molar-refractivity contribution in [3.05, 3.63) is 72.5 Å². The van der Waals surface area contributed by atoms with Gasteiger partial charge in [0.15, 0.2) is 0 Å². The molecule has 5 heterocycles. The standard InChI is InChI=1S/C24H29N5O2/c1-18(2)29-14-22(26-17-29)21-13-27(11-20-5-9-31-15-20)16-24(21)6-8-28(23(24)30)12-19-4-3-7-25-10-19/h3-5,7,9-10,14-15,17-18,21H,6,8,11-13,16H2,1-2H3. The molecule has 2 saturated heterocycles. The first-order chi connectivity index (χ1) is 15.0. The van der Waals surface area contributed by atoms with Crippen molar-refractivity contribution in [3.8, 4) is 0 Å². The molecule has 1 spiro atoms. The van der Waals surface area contributed by atoms with Crippen molar-refractivity contribution in [2.24, 2.45) is 5.41 Å². The topological polar surface area (TPSA) is 67.4 Å². The number of carbonyl (C=O) groups excluding carboxylic acids is 1. The van der Waals surface area contributed by atoms with Gasteiger partial charge in [0.05, 0.1) is 30.0 Å². The smallest absolute Gasteiger partial charge is 0.231 e. The summed E-state index contributed by atoms with van der Waals surface area (Å²) in [6.07, 6.45) is 12.0. The zero-order chi connectivity index (χ0) is 21.4. The highest BCUT2D eigenvalue weighted by Gasteiger charge is 2.57. The molecule has 31 heavy (non-hydrogen) atoms. The third-order valence-electron chi connectivity index (χ3n) is 6.81. The van der Waals surface area contributed by atoms with E-state index in [0.717, 1.165) is 49.4 Å². The molecule has 0 aromatic carbocycles. The molecule has 3 aromatic heterocycles. The maximum absolute atomic E-state index is 13.8. The molecule has 3 aromatic rings. The summed E-state index contributed by atoms with van der Waals surface area (Å²) in [5.41, 5.74) is 2.81. The molecule has 162 valence electrons. The third kappa shape index (κ3) is 3.67. The van der Waals surface area contributed by atoms with E-state index in [2.05, 4.69) is 34.5 Å². The van der Waals surface area contributed by atoms with E-state index in [-0.39, 0.29) is 11.8 Å². The number of rotatable bonds is 6. The number of likely N-dealkylation sites (tertiary alicyclic amines) is 2. The number of imidazole rings is 1. The summed E-state index contributed by atoms with van der Waals surface area (Å²) in [5.74, 6) is 0.334. The number of amides is 1. The van der Waals surface area contributed by atoms with Crippen molar-refractivity contribution >= 4 is 5.91 Å². The molecule has 0 aliphatic carbocycles. The average Bonchev–Trinajstić information content (AvgIpc) is 3.55. The van der Waals surface area contributed by atoms with Crippen molar-refractivity contribution in [1.82, 2.24) is 24.3 Å². The van der Waals surface area contributed by atoms with Crippen LogP contribution in [0.15, 0.2) is 60.1 Å². The third-order valence-corrected chi connectivity index (χ3v) is 6.81. The molecule has 0 bridgehead atoms. The molecule has 0 radical (unpaired) electrons. The number of nitrogens with zero attached hydrogens (tertiary/aromatic N) is 5. The molecular formula is C24H29N5O2. The first kappa shape index (κ1) is 20.0. The van der Waals surface area contributed by atoms with Gasteiger partial charge in [0.1, 0.15) is 0 Å². The van der Waals surface area contributed by atoms with Crippen LogP contribution in [-0.2, 0) is 17.9 Å². The van der Waals surface area contributed by atoms with E-state index >= 15 is 0 Å². The lowest BCUT2D eigenvalue weighted by atomic mass is 9.75. The number of hydrogen-bond donors (Lipinski definition) is 0. The van der Waals surface area contributed by atoms with Gasteiger partial charge in [0, 0.05) is 68.8 Å².